The fraction of sp³-hybridized carbons (Fsp3) is 0.273. The van der Waals surface area contributed by atoms with Crippen molar-refractivity contribution in [3.63, 3.8) is 0 Å². The van der Waals surface area contributed by atoms with E-state index in [1.807, 2.05) is 31.2 Å². The molecule has 0 bridgehead atoms. The molecule has 29 heavy (non-hydrogen) atoms. The van der Waals surface area contributed by atoms with Crippen LogP contribution in [0, 0.1) is 0 Å². The van der Waals surface area contributed by atoms with Crippen molar-refractivity contribution in [2.45, 2.75) is 12.5 Å². The van der Waals surface area contributed by atoms with Crippen LogP contribution in [0.3, 0.4) is 0 Å². The van der Waals surface area contributed by atoms with Crippen LogP contribution in [0.1, 0.15) is 28.5 Å². The van der Waals surface area contributed by atoms with Crippen molar-refractivity contribution < 1.29 is 28.5 Å². The summed E-state index contributed by atoms with van der Waals surface area (Å²) in [5.41, 5.74) is 0.490. The summed E-state index contributed by atoms with van der Waals surface area (Å²) in [6.07, 6.45) is 1.68. The Hall–Kier alpha value is -3.48. The quantitative estimate of drug-likeness (QED) is 0.610. The Labute approximate surface area is 168 Å². The molecule has 1 aliphatic rings. The third kappa shape index (κ3) is 2.65. The minimum atomic E-state index is -1.11. The zero-order chi connectivity index (χ0) is 20.8. The van der Waals surface area contributed by atoms with Gasteiger partial charge in [-0.05, 0) is 42.6 Å². The van der Waals surface area contributed by atoms with Crippen LogP contribution in [0.15, 0.2) is 36.5 Å². The number of carbonyl (C=O) groups excluding carboxylic acids is 1. The molecule has 2 aromatic carbocycles. The van der Waals surface area contributed by atoms with Crippen molar-refractivity contribution in [1.29, 1.82) is 0 Å². The van der Waals surface area contributed by atoms with Crippen LogP contribution in [-0.4, -0.2) is 39.4 Å². The molecule has 0 aliphatic carbocycles. The normalized spacial score (nSPS) is 17.6. The second-order valence-electron chi connectivity index (χ2n) is 6.73. The molecule has 0 saturated carbocycles. The number of aromatic nitrogens is 1. The molecule has 150 valence electrons. The minimum absolute atomic E-state index is 0.341. The summed E-state index contributed by atoms with van der Waals surface area (Å²) >= 11 is 0. The summed E-state index contributed by atoms with van der Waals surface area (Å²) in [5, 5.41) is 1.68. The Bertz CT molecular complexity index is 1130. The molecule has 0 saturated heterocycles. The largest absolute Gasteiger partial charge is 0.493 e. The van der Waals surface area contributed by atoms with E-state index < -0.39 is 11.6 Å². The van der Waals surface area contributed by atoms with E-state index in [1.54, 1.807) is 26.5 Å². The Balaban J connectivity index is 2.00. The Kier molecular flexibility index (Phi) is 4.45. The average Bonchev–Trinajstić information content (AvgIpc) is 3.02. The third-order valence-corrected chi connectivity index (χ3v) is 5.28. The van der Waals surface area contributed by atoms with Gasteiger partial charge in [0.25, 0.3) is 0 Å². The van der Waals surface area contributed by atoms with E-state index in [1.165, 1.54) is 14.2 Å². The fourth-order valence-corrected chi connectivity index (χ4v) is 3.87. The number of carbonyl (C=O) groups is 1. The first-order chi connectivity index (χ1) is 14.0. The number of benzene rings is 2. The van der Waals surface area contributed by atoms with Crippen LogP contribution >= 0.6 is 0 Å². The zero-order valence-electron chi connectivity index (χ0n) is 16.9. The molecule has 1 aromatic heterocycles. The van der Waals surface area contributed by atoms with E-state index in [0.717, 1.165) is 10.8 Å². The average molecular weight is 395 g/mol. The summed E-state index contributed by atoms with van der Waals surface area (Å²) in [6, 6.07) is 9.15. The lowest BCUT2D eigenvalue weighted by Crippen LogP contribution is -2.25. The van der Waals surface area contributed by atoms with Gasteiger partial charge < -0.3 is 23.7 Å². The smallest absolute Gasteiger partial charge is 0.343 e. The van der Waals surface area contributed by atoms with E-state index >= 15 is 0 Å². The van der Waals surface area contributed by atoms with Gasteiger partial charge in [-0.3, -0.25) is 4.98 Å². The molecular weight excluding hydrogens is 374 g/mol. The lowest BCUT2D eigenvalue weighted by molar-refractivity contribution is 0.0170. The highest BCUT2D eigenvalue weighted by atomic mass is 16.6. The molecule has 3 aromatic rings. The van der Waals surface area contributed by atoms with Crippen molar-refractivity contribution in [3.8, 4) is 23.0 Å². The molecule has 0 amide bonds. The van der Waals surface area contributed by atoms with Gasteiger partial charge in [0.05, 0.1) is 34.1 Å². The van der Waals surface area contributed by atoms with E-state index in [-0.39, 0.29) is 0 Å². The number of esters is 1. The fourth-order valence-electron chi connectivity index (χ4n) is 3.87. The molecule has 7 heteroatoms. The highest BCUT2D eigenvalue weighted by molar-refractivity contribution is 6.00. The summed E-state index contributed by atoms with van der Waals surface area (Å²) in [7, 11) is 6.18. The number of cyclic esters (lactones) is 1. The second-order valence-corrected chi connectivity index (χ2v) is 6.73. The van der Waals surface area contributed by atoms with E-state index in [0.29, 0.717) is 39.8 Å². The van der Waals surface area contributed by atoms with Gasteiger partial charge in [0.2, 0.25) is 0 Å². The number of fused-ring (bicyclic) bond motifs is 2. The van der Waals surface area contributed by atoms with Gasteiger partial charge in [0.15, 0.2) is 28.6 Å². The molecule has 0 fully saturated rings. The number of methoxy groups -OCH3 is 4. The SMILES string of the molecule is COc1cc2ccnc([C@]3(C)OC(=O)c4c3ccc(OC)c4OC)c2cc1OC. The highest BCUT2D eigenvalue weighted by Crippen LogP contribution is 2.49. The Morgan fingerprint density at radius 2 is 1.59 bits per heavy atom. The lowest BCUT2D eigenvalue weighted by Gasteiger charge is -2.25. The predicted molar refractivity (Wildman–Crippen MR) is 106 cm³/mol. The number of hydrogen-bond acceptors (Lipinski definition) is 7. The molecule has 1 atom stereocenters. The highest BCUT2D eigenvalue weighted by Gasteiger charge is 2.47. The number of ether oxygens (including phenoxy) is 5. The van der Waals surface area contributed by atoms with Crippen molar-refractivity contribution in [2.24, 2.45) is 0 Å². The Morgan fingerprint density at radius 1 is 0.897 bits per heavy atom. The molecule has 0 radical (unpaired) electrons. The second kappa shape index (κ2) is 6.84. The van der Waals surface area contributed by atoms with Crippen LogP contribution in [0.4, 0.5) is 0 Å². The topological polar surface area (TPSA) is 76.1 Å². The van der Waals surface area contributed by atoms with Crippen molar-refractivity contribution in [1.82, 2.24) is 4.98 Å². The van der Waals surface area contributed by atoms with Crippen molar-refractivity contribution in [2.75, 3.05) is 28.4 Å². The monoisotopic (exact) mass is 395 g/mol. The molecule has 1 aliphatic heterocycles. The molecule has 0 unspecified atom stereocenters. The molecule has 2 heterocycles. The number of rotatable bonds is 5. The van der Waals surface area contributed by atoms with Crippen LogP contribution < -0.4 is 18.9 Å². The summed E-state index contributed by atoms with van der Waals surface area (Å²) in [6.45, 7) is 1.82. The van der Waals surface area contributed by atoms with E-state index in [2.05, 4.69) is 4.98 Å². The van der Waals surface area contributed by atoms with Gasteiger partial charge >= 0.3 is 5.97 Å². The zero-order valence-corrected chi connectivity index (χ0v) is 16.9. The minimum Gasteiger partial charge on any atom is -0.493 e. The molecular formula is C22H21NO6. The Morgan fingerprint density at radius 3 is 2.24 bits per heavy atom. The molecule has 0 N–H and O–H groups in total. The molecule has 0 spiro atoms. The maximum atomic E-state index is 12.8. The summed E-state index contributed by atoms with van der Waals surface area (Å²) in [5.74, 6) is 1.49. The van der Waals surface area contributed by atoms with Gasteiger partial charge in [0, 0.05) is 17.1 Å². The first-order valence-corrected chi connectivity index (χ1v) is 8.98. The summed E-state index contributed by atoms with van der Waals surface area (Å²) < 4.78 is 27.5. The van der Waals surface area contributed by atoms with Crippen molar-refractivity contribution in [3.05, 3.63) is 53.3 Å². The van der Waals surface area contributed by atoms with Gasteiger partial charge in [0.1, 0.15) is 5.56 Å². The maximum absolute atomic E-state index is 12.8. The van der Waals surface area contributed by atoms with Crippen LogP contribution in [0.25, 0.3) is 10.8 Å². The number of hydrogen-bond donors (Lipinski definition) is 0. The number of pyridine rings is 1. The van der Waals surface area contributed by atoms with Crippen LogP contribution in [0.5, 0.6) is 23.0 Å². The van der Waals surface area contributed by atoms with Crippen LogP contribution in [-0.2, 0) is 10.3 Å². The first-order valence-electron chi connectivity index (χ1n) is 8.98. The van der Waals surface area contributed by atoms with Gasteiger partial charge in [-0.2, -0.15) is 0 Å². The van der Waals surface area contributed by atoms with E-state index in [9.17, 15) is 4.79 Å². The molecule has 4 rings (SSSR count). The van der Waals surface area contributed by atoms with Crippen LogP contribution in [0.2, 0.25) is 0 Å². The van der Waals surface area contributed by atoms with Gasteiger partial charge in [-0.15, -0.1) is 0 Å². The van der Waals surface area contributed by atoms with E-state index in [4.69, 9.17) is 23.7 Å². The van der Waals surface area contributed by atoms with Gasteiger partial charge in [-0.25, -0.2) is 4.79 Å². The predicted octanol–water partition coefficient (Wildman–Crippen LogP) is 3.70. The third-order valence-electron chi connectivity index (χ3n) is 5.28. The summed E-state index contributed by atoms with van der Waals surface area (Å²) in [4.78, 5) is 17.4. The maximum Gasteiger partial charge on any atom is 0.343 e. The standard InChI is InChI=1S/C22H21NO6/c1-22(14-6-7-15(25-2)19(28-5)18(14)21(24)29-22)20-13-11-17(27-4)16(26-3)10-12(13)8-9-23-20/h6-11H,1-5H3/t22-/m1/s1. The van der Waals surface area contributed by atoms with Crippen molar-refractivity contribution >= 4 is 16.7 Å². The van der Waals surface area contributed by atoms with Gasteiger partial charge in [-0.1, -0.05) is 0 Å². The lowest BCUT2D eigenvalue weighted by atomic mass is 9.87. The molecule has 7 nitrogen and oxygen atoms in total. The first kappa shape index (κ1) is 18.9. The number of nitrogens with zero attached hydrogens (tertiary/aromatic N) is 1.